The van der Waals surface area contributed by atoms with Gasteiger partial charge in [0.05, 0.1) is 16.7 Å². The van der Waals surface area contributed by atoms with Gasteiger partial charge in [-0.3, -0.25) is 24.3 Å². The van der Waals surface area contributed by atoms with Crippen LogP contribution in [-0.4, -0.2) is 30.4 Å². The summed E-state index contributed by atoms with van der Waals surface area (Å²) in [5, 5.41) is 21.9. The summed E-state index contributed by atoms with van der Waals surface area (Å²) in [6, 6.07) is 0.978. The summed E-state index contributed by atoms with van der Waals surface area (Å²) in [7, 11) is 0. The zero-order valence-corrected chi connectivity index (χ0v) is 13.6. The van der Waals surface area contributed by atoms with E-state index in [-0.39, 0.29) is 17.6 Å². The first-order valence-electron chi connectivity index (χ1n) is 7.37. The van der Waals surface area contributed by atoms with Crippen LogP contribution in [0.5, 0.6) is 0 Å². The van der Waals surface area contributed by atoms with E-state index in [0.717, 1.165) is 11.9 Å². The van der Waals surface area contributed by atoms with Crippen molar-refractivity contribution >= 4 is 11.6 Å². The Kier molecular flexibility index (Phi) is 4.77. The van der Waals surface area contributed by atoms with E-state index in [0.29, 0.717) is 12.2 Å². The van der Waals surface area contributed by atoms with Gasteiger partial charge < -0.3 is 5.32 Å². The lowest BCUT2D eigenvalue weighted by Crippen LogP contribution is -2.34. The average molecular weight is 320 g/mol. The number of carbonyl (C=O) groups is 1. The van der Waals surface area contributed by atoms with Gasteiger partial charge in [0.2, 0.25) is 5.91 Å². The van der Waals surface area contributed by atoms with Crippen molar-refractivity contribution in [3.05, 3.63) is 40.0 Å². The molecule has 0 bridgehead atoms. The van der Waals surface area contributed by atoms with E-state index >= 15 is 0 Å². The molecule has 124 valence electrons. The second kappa shape index (κ2) is 6.59. The maximum atomic E-state index is 12.4. The van der Waals surface area contributed by atoms with Crippen molar-refractivity contribution in [1.82, 2.24) is 24.9 Å². The monoisotopic (exact) mass is 320 g/mol. The van der Waals surface area contributed by atoms with Crippen LogP contribution in [0.3, 0.4) is 0 Å². The maximum Gasteiger partial charge on any atom is 0.309 e. The van der Waals surface area contributed by atoms with E-state index in [4.69, 9.17) is 0 Å². The second-order valence-corrected chi connectivity index (χ2v) is 5.29. The van der Waals surface area contributed by atoms with Crippen LogP contribution < -0.4 is 5.32 Å². The molecule has 0 fully saturated rings. The van der Waals surface area contributed by atoms with E-state index in [1.807, 2.05) is 19.9 Å². The molecule has 2 heterocycles. The number of nitrogens with one attached hydrogen (secondary N) is 1. The van der Waals surface area contributed by atoms with Crippen LogP contribution in [0.2, 0.25) is 0 Å². The lowest BCUT2D eigenvalue weighted by molar-refractivity contribution is -0.385. The Balaban J connectivity index is 2.13. The number of nitrogens with zero attached hydrogens (tertiary/aromatic N) is 5. The number of hydrogen-bond acceptors (Lipinski definition) is 5. The molecule has 2 unspecified atom stereocenters. The molecule has 1 N–H and O–H groups in total. The van der Waals surface area contributed by atoms with Crippen LogP contribution in [0.1, 0.15) is 44.2 Å². The number of aromatic nitrogens is 4. The molecule has 0 saturated heterocycles. The fourth-order valence-corrected chi connectivity index (χ4v) is 2.48. The number of nitro groups is 1. The number of amides is 1. The molecule has 0 aliphatic heterocycles. The van der Waals surface area contributed by atoms with Gasteiger partial charge in [-0.05, 0) is 33.8 Å². The number of hydrogen-bond donors (Lipinski definition) is 1. The summed E-state index contributed by atoms with van der Waals surface area (Å²) in [5.41, 5.74) is 1.15. The lowest BCUT2D eigenvalue weighted by atomic mass is 10.2. The molecule has 2 atom stereocenters. The maximum absolute atomic E-state index is 12.4. The highest BCUT2D eigenvalue weighted by atomic mass is 16.6. The molecule has 0 saturated carbocycles. The van der Waals surface area contributed by atoms with Crippen molar-refractivity contribution in [2.75, 3.05) is 0 Å². The molecular weight excluding hydrogens is 300 g/mol. The van der Waals surface area contributed by atoms with E-state index in [9.17, 15) is 14.9 Å². The Bertz CT molecular complexity index is 720. The van der Waals surface area contributed by atoms with Gasteiger partial charge in [-0.15, -0.1) is 0 Å². The van der Waals surface area contributed by atoms with Crippen molar-refractivity contribution in [2.45, 2.75) is 46.3 Å². The first-order chi connectivity index (χ1) is 10.9. The van der Waals surface area contributed by atoms with E-state index in [1.54, 1.807) is 24.7 Å². The highest BCUT2D eigenvalue weighted by Gasteiger charge is 2.25. The highest BCUT2D eigenvalue weighted by Crippen LogP contribution is 2.21. The topological polar surface area (TPSA) is 108 Å². The minimum absolute atomic E-state index is 0.0956. The van der Waals surface area contributed by atoms with Gasteiger partial charge in [0.1, 0.15) is 17.9 Å². The van der Waals surface area contributed by atoms with Crippen LogP contribution >= 0.6 is 0 Å². The third kappa shape index (κ3) is 3.22. The van der Waals surface area contributed by atoms with Crippen molar-refractivity contribution in [1.29, 1.82) is 0 Å². The molecule has 0 aliphatic rings. The predicted octanol–water partition coefficient (Wildman–Crippen LogP) is 1.75. The van der Waals surface area contributed by atoms with Crippen molar-refractivity contribution in [3.63, 3.8) is 0 Å². The minimum atomic E-state index is -0.649. The van der Waals surface area contributed by atoms with Gasteiger partial charge in [0, 0.05) is 12.7 Å². The highest BCUT2D eigenvalue weighted by molar-refractivity contribution is 5.80. The van der Waals surface area contributed by atoms with Gasteiger partial charge in [0.15, 0.2) is 0 Å². The zero-order valence-electron chi connectivity index (χ0n) is 13.6. The van der Waals surface area contributed by atoms with Crippen molar-refractivity contribution < 1.29 is 9.72 Å². The zero-order chi connectivity index (χ0) is 17.1. The van der Waals surface area contributed by atoms with Gasteiger partial charge in [-0.25, -0.2) is 0 Å². The van der Waals surface area contributed by atoms with Crippen LogP contribution in [0.4, 0.5) is 5.69 Å². The fourth-order valence-electron chi connectivity index (χ4n) is 2.48. The SMILES string of the molecule is CCn1nccc1C(C)NC(=O)C(C)n1ncc([N+](=O)[O-])c1C. The van der Waals surface area contributed by atoms with Crippen LogP contribution in [0.15, 0.2) is 18.5 Å². The summed E-state index contributed by atoms with van der Waals surface area (Å²) in [4.78, 5) is 22.8. The van der Waals surface area contributed by atoms with E-state index in [1.165, 1.54) is 4.68 Å². The standard InChI is InChI=1S/C14H20N6O3/c1-5-18-12(6-7-15-18)9(2)17-14(21)11(4)19-10(3)13(8-16-19)20(22)23/h6-9,11H,5H2,1-4H3,(H,17,21). The molecule has 9 heteroatoms. The third-order valence-electron chi connectivity index (χ3n) is 3.81. The van der Waals surface area contributed by atoms with Gasteiger partial charge in [-0.2, -0.15) is 10.2 Å². The fraction of sp³-hybridized carbons (Fsp3) is 0.500. The molecule has 9 nitrogen and oxygen atoms in total. The van der Waals surface area contributed by atoms with Crippen LogP contribution in [-0.2, 0) is 11.3 Å². The minimum Gasteiger partial charge on any atom is -0.346 e. The summed E-state index contributed by atoms with van der Waals surface area (Å²) in [6.07, 6.45) is 2.85. The first-order valence-corrected chi connectivity index (χ1v) is 7.37. The normalized spacial score (nSPS) is 13.6. The Labute approximate surface area is 133 Å². The van der Waals surface area contributed by atoms with Crippen molar-refractivity contribution in [3.8, 4) is 0 Å². The second-order valence-electron chi connectivity index (χ2n) is 5.29. The summed E-state index contributed by atoms with van der Waals surface area (Å²) in [5.74, 6) is -0.262. The first kappa shape index (κ1) is 16.7. The Morgan fingerprint density at radius 1 is 1.43 bits per heavy atom. The van der Waals surface area contributed by atoms with Gasteiger partial charge in [0.25, 0.3) is 0 Å². The largest absolute Gasteiger partial charge is 0.346 e. The summed E-state index contributed by atoms with van der Waals surface area (Å²) < 4.78 is 3.16. The number of aryl methyl sites for hydroxylation is 1. The molecule has 0 spiro atoms. The average Bonchev–Trinajstić information content (AvgIpc) is 3.12. The molecule has 2 aromatic heterocycles. The van der Waals surface area contributed by atoms with Crippen molar-refractivity contribution in [2.24, 2.45) is 0 Å². The molecule has 2 rings (SSSR count). The third-order valence-corrected chi connectivity index (χ3v) is 3.81. The Hall–Kier alpha value is -2.71. The molecule has 1 amide bonds. The number of carbonyl (C=O) groups excluding carboxylic acids is 1. The van der Waals surface area contributed by atoms with Gasteiger partial charge >= 0.3 is 5.69 Å². The predicted molar refractivity (Wildman–Crippen MR) is 82.8 cm³/mol. The van der Waals surface area contributed by atoms with Crippen LogP contribution in [0, 0.1) is 17.0 Å². The molecule has 0 aliphatic carbocycles. The molecule has 0 radical (unpaired) electrons. The summed E-state index contributed by atoms with van der Waals surface area (Å²) >= 11 is 0. The van der Waals surface area contributed by atoms with E-state index in [2.05, 4.69) is 15.5 Å². The van der Waals surface area contributed by atoms with E-state index < -0.39 is 11.0 Å². The Morgan fingerprint density at radius 3 is 2.70 bits per heavy atom. The molecular formula is C14H20N6O3. The molecule has 23 heavy (non-hydrogen) atoms. The molecule has 0 aromatic carbocycles. The smallest absolute Gasteiger partial charge is 0.309 e. The molecule has 2 aromatic rings. The lowest BCUT2D eigenvalue weighted by Gasteiger charge is -2.19. The van der Waals surface area contributed by atoms with Gasteiger partial charge in [-0.1, -0.05) is 0 Å². The Morgan fingerprint density at radius 2 is 2.13 bits per heavy atom. The van der Waals surface area contributed by atoms with Crippen LogP contribution in [0.25, 0.3) is 0 Å². The summed E-state index contributed by atoms with van der Waals surface area (Å²) in [6.45, 7) is 7.78. The quantitative estimate of drug-likeness (QED) is 0.644. The number of rotatable bonds is 6.